The Morgan fingerprint density at radius 1 is 0.974 bits per heavy atom. The van der Waals surface area contributed by atoms with E-state index in [0.29, 0.717) is 23.5 Å². The molecule has 2 heterocycles. The van der Waals surface area contributed by atoms with Crippen molar-refractivity contribution >= 4 is 52.9 Å². The zero-order valence-electron chi connectivity index (χ0n) is 21.6. The Kier molecular flexibility index (Phi) is 10.0. The third-order valence-electron chi connectivity index (χ3n) is 6.09. The molecule has 2 aromatic heterocycles. The van der Waals surface area contributed by atoms with Gasteiger partial charge in [-0.15, -0.1) is 0 Å². The molecule has 9 heteroatoms. The summed E-state index contributed by atoms with van der Waals surface area (Å²) < 4.78 is 1.61. The number of urea groups is 1. The number of carbonyl (C=O) groups excluding carboxylic acids is 1. The van der Waals surface area contributed by atoms with E-state index in [1.165, 1.54) is 6.20 Å². The Labute approximate surface area is 243 Å². The van der Waals surface area contributed by atoms with Gasteiger partial charge in [-0.1, -0.05) is 49.4 Å². The van der Waals surface area contributed by atoms with Gasteiger partial charge in [-0.2, -0.15) is 0 Å². The van der Waals surface area contributed by atoms with Crippen LogP contribution in [0.1, 0.15) is 36.0 Å². The number of pyridine rings is 2. The Balaban J connectivity index is 0.00000400. The number of para-hydroxylation sites is 1. The van der Waals surface area contributed by atoms with Crippen LogP contribution in [0.25, 0.3) is 11.3 Å². The first-order valence-electron chi connectivity index (χ1n) is 11.9. The van der Waals surface area contributed by atoms with E-state index in [9.17, 15) is 14.4 Å². The third-order valence-corrected chi connectivity index (χ3v) is 6.09. The molecule has 0 aliphatic rings. The van der Waals surface area contributed by atoms with E-state index in [4.69, 9.17) is 5.11 Å². The van der Waals surface area contributed by atoms with Gasteiger partial charge in [-0.3, -0.25) is 14.6 Å². The zero-order chi connectivity index (χ0) is 26.4. The maximum absolute atomic E-state index is 13.1. The van der Waals surface area contributed by atoms with Crippen molar-refractivity contribution in [2.45, 2.75) is 32.7 Å². The first-order valence-corrected chi connectivity index (χ1v) is 11.9. The van der Waals surface area contributed by atoms with Gasteiger partial charge in [0.05, 0.1) is 36.1 Å². The quantitative estimate of drug-likeness (QED) is 0.280. The van der Waals surface area contributed by atoms with Crippen molar-refractivity contribution in [1.29, 1.82) is 0 Å². The summed E-state index contributed by atoms with van der Waals surface area (Å²) in [7, 11) is 0. The molecule has 0 fully saturated rings. The Morgan fingerprint density at radius 3 is 2.37 bits per heavy atom. The van der Waals surface area contributed by atoms with Crippen LogP contribution in [0.3, 0.4) is 0 Å². The fourth-order valence-corrected chi connectivity index (χ4v) is 4.01. The SMILES string of the molecule is Cc1ccccc1NC(=O)Nc1ccc(-c2cccn(Cc3ccc([C@@H](C)CC(=O)O)cc3)c2=O)nc1.[Na]. The zero-order valence-corrected chi connectivity index (χ0v) is 23.6. The van der Waals surface area contributed by atoms with Crippen molar-refractivity contribution in [3.63, 3.8) is 0 Å². The number of carboxylic acid groups (broad SMARTS) is 1. The smallest absolute Gasteiger partial charge is 0.323 e. The summed E-state index contributed by atoms with van der Waals surface area (Å²) in [4.78, 5) is 40.8. The van der Waals surface area contributed by atoms with Crippen LogP contribution in [-0.2, 0) is 11.3 Å². The van der Waals surface area contributed by atoms with E-state index in [1.807, 2.05) is 62.4 Å². The predicted molar refractivity (Wildman–Crippen MR) is 150 cm³/mol. The van der Waals surface area contributed by atoms with E-state index >= 15 is 0 Å². The number of benzene rings is 2. The van der Waals surface area contributed by atoms with Crippen LogP contribution in [0.5, 0.6) is 0 Å². The molecule has 4 aromatic rings. The number of nitrogens with one attached hydrogen (secondary N) is 2. The summed E-state index contributed by atoms with van der Waals surface area (Å²) in [6.07, 6.45) is 3.30. The molecule has 0 aliphatic carbocycles. The first-order chi connectivity index (χ1) is 17.8. The number of nitrogens with zero attached hydrogens (tertiary/aromatic N) is 2. The summed E-state index contributed by atoms with van der Waals surface area (Å²) in [5, 5.41) is 14.6. The molecule has 38 heavy (non-hydrogen) atoms. The molecule has 1 radical (unpaired) electrons. The van der Waals surface area contributed by atoms with E-state index in [1.54, 1.807) is 35.0 Å². The minimum absolute atomic E-state index is 0. The van der Waals surface area contributed by atoms with Gasteiger partial charge in [0, 0.05) is 41.4 Å². The van der Waals surface area contributed by atoms with Gasteiger partial charge in [0.25, 0.3) is 5.56 Å². The van der Waals surface area contributed by atoms with Crippen molar-refractivity contribution in [2.75, 3.05) is 10.6 Å². The molecule has 0 saturated carbocycles. The largest absolute Gasteiger partial charge is 0.481 e. The van der Waals surface area contributed by atoms with Crippen LogP contribution in [0.2, 0.25) is 0 Å². The summed E-state index contributed by atoms with van der Waals surface area (Å²) >= 11 is 0. The van der Waals surface area contributed by atoms with Gasteiger partial charge in [0.1, 0.15) is 0 Å². The molecule has 8 nitrogen and oxygen atoms in total. The van der Waals surface area contributed by atoms with Gasteiger partial charge >= 0.3 is 12.0 Å². The molecular formula is C29H28N4NaO4. The van der Waals surface area contributed by atoms with Crippen molar-refractivity contribution in [1.82, 2.24) is 9.55 Å². The molecule has 0 bridgehead atoms. The number of hydrogen-bond donors (Lipinski definition) is 3. The van der Waals surface area contributed by atoms with Crippen LogP contribution < -0.4 is 16.2 Å². The fraction of sp³-hybridized carbons (Fsp3) is 0.172. The van der Waals surface area contributed by atoms with Gasteiger partial charge in [-0.05, 0) is 59.9 Å². The number of aliphatic carboxylic acids is 1. The van der Waals surface area contributed by atoms with Crippen LogP contribution in [0, 0.1) is 6.92 Å². The number of hydrogen-bond acceptors (Lipinski definition) is 4. The average molecular weight is 520 g/mol. The molecule has 0 spiro atoms. The van der Waals surface area contributed by atoms with Gasteiger partial charge in [-0.25, -0.2) is 4.79 Å². The van der Waals surface area contributed by atoms with Crippen LogP contribution in [0.4, 0.5) is 16.2 Å². The number of carboxylic acids is 1. The van der Waals surface area contributed by atoms with Crippen LogP contribution in [0.15, 0.2) is 90.0 Å². The van der Waals surface area contributed by atoms with Crippen molar-refractivity contribution in [3.8, 4) is 11.3 Å². The number of carbonyl (C=O) groups is 2. The Bertz CT molecular complexity index is 1470. The molecule has 3 N–H and O–H groups in total. The maximum atomic E-state index is 13.1. The number of rotatable bonds is 8. The minimum atomic E-state index is -0.831. The third kappa shape index (κ3) is 7.41. The molecule has 2 aromatic carbocycles. The summed E-state index contributed by atoms with van der Waals surface area (Å²) in [5.41, 5.74) is 4.82. The monoisotopic (exact) mass is 519 g/mol. The topological polar surface area (TPSA) is 113 Å². The van der Waals surface area contributed by atoms with Crippen molar-refractivity contribution in [3.05, 3.63) is 112 Å². The normalized spacial score (nSPS) is 11.2. The molecule has 0 saturated heterocycles. The summed E-state index contributed by atoms with van der Waals surface area (Å²) in [6.45, 7) is 4.16. The first kappa shape index (κ1) is 28.8. The van der Waals surface area contributed by atoms with Gasteiger partial charge in [0.15, 0.2) is 0 Å². The average Bonchev–Trinajstić information content (AvgIpc) is 2.87. The van der Waals surface area contributed by atoms with Crippen molar-refractivity contribution in [2.24, 2.45) is 0 Å². The molecule has 189 valence electrons. The second-order valence-electron chi connectivity index (χ2n) is 8.92. The number of aromatic nitrogens is 2. The minimum Gasteiger partial charge on any atom is -0.481 e. The van der Waals surface area contributed by atoms with Crippen LogP contribution >= 0.6 is 0 Å². The molecule has 1 atom stereocenters. The van der Waals surface area contributed by atoms with E-state index in [2.05, 4.69) is 15.6 Å². The molecule has 0 unspecified atom stereocenters. The Morgan fingerprint density at radius 2 is 1.71 bits per heavy atom. The van der Waals surface area contributed by atoms with Crippen molar-refractivity contribution < 1.29 is 14.7 Å². The number of aryl methyl sites for hydroxylation is 1. The Hall–Kier alpha value is -3.72. The van der Waals surface area contributed by atoms with Gasteiger partial charge in [0.2, 0.25) is 0 Å². The van der Waals surface area contributed by atoms with Crippen LogP contribution in [-0.4, -0.2) is 56.2 Å². The second-order valence-corrected chi connectivity index (χ2v) is 8.92. The predicted octanol–water partition coefficient (Wildman–Crippen LogP) is 5.11. The summed E-state index contributed by atoms with van der Waals surface area (Å²) in [5.74, 6) is -0.919. The maximum Gasteiger partial charge on any atom is 0.323 e. The number of anilines is 2. The second kappa shape index (κ2) is 13.2. The van der Waals surface area contributed by atoms with E-state index < -0.39 is 5.97 Å². The van der Waals surface area contributed by atoms with E-state index in [-0.39, 0.29) is 53.5 Å². The standard InChI is InChI=1S/C29H28N4O4.Na/c1-19-6-3-4-8-25(19)32-29(37)31-23-13-14-26(30-17-23)24-7-5-15-33(28(24)36)18-21-9-11-22(12-10-21)20(2)16-27(34)35;/h3-15,17,20H,16,18H2,1-2H3,(H,34,35)(H2,31,32,37);/t20-;/m0./s1. The summed E-state index contributed by atoms with van der Waals surface area (Å²) in [6, 6.07) is 21.7. The molecule has 2 amide bonds. The van der Waals surface area contributed by atoms with E-state index in [0.717, 1.165) is 22.4 Å². The number of amides is 2. The van der Waals surface area contributed by atoms with Gasteiger partial charge < -0.3 is 20.3 Å². The molecule has 0 aliphatic heterocycles. The molecule has 4 rings (SSSR count). The fourth-order valence-electron chi connectivity index (χ4n) is 4.01. The molecular weight excluding hydrogens is 491 g/mol.